The number of benzene rings is 1. The van der Waals surface area contributed by atoms with Crippen LogP contribution in [0.5, 0.6) is 0 Å². The molecule has 0 aliphatic carbocycles. The van der Waals surface area contributed by atoms with Crippen molar-refractivity contribution < 1.29 is 0 Å². The van der Waals surface area contributed by atoms with Crippen LogP contribution in [0.25, 0.3) is 10.9 Å². The van der Waals surface area contributed by atoms with E-state index in [9.17, 15) is 0 Å². The van der Waals surface area contributed by atoms with Crippen LogP contribution in [0.2, 0.25) is 10.0 Å². The second-order valence-electron chi connectivity index (χ2n) is 3.75. The molecule has 0 aliphatic rings. The molecule has 2 rings (SSSR count). The van der Waals surface area contributed by atoms with Gasteiger partial charge in [0.15, 0.2) is 0 Å². The van der Waals surface area contributed by atoms with E-state index < -0.39 is 0 Å². The number of halogens is 2. The Balaban J connectivity index is 2.71. The summed E-state index contributed by atoms with van der Waals surface area (Å²) in [5.74, 6) is 0. The molecule has 2 aromatic rings. The third kappa shape index (κ3) is 2.14. The summed E-state index contributed by atoms with van der Waals surface area (Å²) in [4.78, 5) is 4.50. The van der Waals surface area contributed by atoms with E-state index in [0.29, 0.717) is 16.6 Å². The Morgan fingerprint density at radius 2 is 2.00 bits per heavy atom. The molecule has 0 saturated carbocycles. The van der Waals surface area contributed by atoms with Crippen LogP contribution in [0.4, 0.5) is 0 Å². The Hall–Kier alpha value is -0.830. The van der Waals surface area contributed by atoms with Crippen LogP contribution in [0.3, 0.4) is 0 Å². The molecule has 0 saturated heterocycles. The van der Waals surface area contributed by atoms with Gasteiger partial charge < -0.3 is 5.73 Å². The maximum absolute atomic E-state index is 6.15. The largest absolute Gasteiger partial charge is 0.330 e. The zero-order valence-corrected chi connectivity index (χ0v) is 10.4. The van der Waals surface area contributed by atoms with E-state index in [4.69, 9.17) is 28.9 Å². The minimum atomic E-state index is 0.590. The van der Waals surface area contributed by atoms with Crippen molar-refractivity contribution in [2.24, 2.45) is 5.73 Å². The lowest BCUT2D eigenvalue weighted by molar-refractivity contribution is 0.930. The van der Waals surface area contributed by atoms with Gasteiger partial charge in [0.1, 0.15) is 0 Å². The Labute approximate surface area is 104 Å². The highest BCUT2D eigenvalue weighted by atomic mass is 35.5. The van der Waals surface area contributed by atoms with Gasteiger partial charge in [-0.05, 0) is 37.2 Å². The van der Waals surface area contributed by atoms with Gasteiger partial charge in [0.25, 0.3) is 0 Å². The summed E-state index contributed by atoms with van der Waals surface area (Å²) in [6.07, 6.45) is 0.765. The van der Waals surface area contributed by atoms with Crippen LogP contribution >= 0.6 is 23.2 Å². The summed E-state index contributed by atoms with van der Waals surface area (Å²) in [5.41, 5.74) is 8.44. The molecule has 0 radical (unpaired) electrons. The minimum absolute atomic E-state index is 0.590. The van der Waals surface area contributed by atoms with E-state index in [1.54, 1.807) is 6.07 Å². The Morgan fingerprint density at radius 1 is 1.25 bits per heavy atom. The fourth-order valence-corrected chi connectivity index (χ4v) is 2.46. The average molecular weight is 255 g/mol. The number of hydrogen-bond acceptors (Lipinski definition) is 2. The number of fused-ring (bicyclic) bond motifs is 1. The summed E-state index contributed by atoms with van der Waals surface area (Å²) in [7, 11) is 0. The number of nitrogens with two attached hydrogens (primary N) is 1. The van der Waals surface area contributed by atoms with Crippen LogP contribution in [-0.2, 0) is 6.42 Å². The molecule has 0 amide bonds. The lowest BCUT2D eigenvalue weighted by atomic mass is 10.1. The van der Waals surface area contributed by atoms with Gasteiger partial charge in [-0.15, -0.1) is 0 Å². The highest BCUT2D eigenvalue weighted by Crippen LogP contribution is 2.29. The van der Waals surface area contributed by atoms with Gasteiger partial charge in [0.05, 0.1) is 10.5 Å². The monoisotopic (exact) mass is 254 g/mol. The van der Waals surface area contributed by atoms with Gasteiger partial charge in [-0.25, -0.2) is 0 Å². The maximum atomic E-state index is 6.15. The molecule has 4 heteroatoms. The molecule has 1 aromatic carbocycles. The lowest BCUT2D eigenvalue weighted by Gasteiger charge is -2.07. The first-order valence-electron chi connectivity index (χ1n) is 5.07. The molecule has 0 bridgehead atoms. The zero-order chi connectivity index (χ0) is 11.7. The zero-order valence-electron chi connectivity index (χ0n) is 8.93. The molecular formula is C12H12Cl2N2. The molecule has 1 aromatic heterocycles. The number of nitrogens with zero attached hydrogens (tertiary/aromatic N) is 1. The van der Waals surface area contributed by atoms with Crippen molar-refractivity contribution in [1.82, 2.24) is 4.98 Å². The molecule has 84 valence electrons. The normalized spacial score (nSPS) is 11.0. The van der Waals surface area contributed by atoms with Crippen molar-refractivity contribution in [2.75, 3.05) is 6.54 Å². The van der Waals surface area contributed by atoms with E-state index in [0.717, 1.165) is 28.6 Å². The van der Waals surface area contributed by atoms with Crippen LogP contribution in [-0.4, -0.2) is 11.5 Å². The van der Waals surface area contributed by atoms with Crippen molar-refractivity contribution in [3.05, 3.63) is 39.5 Å². The number of aromatic nitrogens is 1. The van der Waals surface area contributed by atoms with Gasteiger partial charge in [-0.3, -0.25) is 4.98 Å². The SMILES string of the molecule is Cc1cc(CCN)nc2cc(Cl)cc(Cl)c12. The Morgan fingerprint density at radius 3 is 2.69 bits per heavy atom. The molecule has 0 atom stereocenters. The first-order valence-corrected chi connectivity index (χ1v) is 5.82. The fourth-order valence-electron chi connectivity index (χ4n) is 1.82. The fraction of sp³-hybridized carbons (Fsp3) is 0.250. The van der Waals surface area contributed by atoms with E-state index in [1.807, 2.05) is 19.1 Å². The average Bonchev–Trinajstić information content (AvgIpc) is 2.15. The smallest absolute Gasteiger partial charge is 0.0737 e. The summed E-state index contributed by atoms with van der Waals surface area (Å²) in [5, 5.41) is 2.22. The van der Waals surface area contributed by atoms with E-state index in [1.165, 1.54) is 0 Å². The summed E-state index contributed by atoms with van der Waals surface area (Å²) in [6, 6.07) is 5.59. The molecule has 1 heterocycles. The van der Waals surface area contributed by atoms with E-state index in [-0.39, 0.29) is 0 Å². The third-order valence-electron chi connectivity index (χ3n) is 2.48. The topological polar surface area (TPSA) is 38.9 Å². The van der Waals surface area contributed by atoms with Crippen molar-refractivity contribution in [3.8, 4) is 0 Å². The van der Waals surface area contributed by atoms with Crippen molar-refractivity contribution >= 4 is 34.1 Å². The minimum Gasteiger partial charge on any atom is -0.330 e. The standard InChI is InChI=1S/C12H12Cl2N2/c1-7-4-9(2-3-15)16-11-6-8(13)5-10(14)12(7)11/h4-6H,2-3,15H2,1H3. The maximum Gasteiger partial charge on any atom is 0.0737 e. The molecule has 2 N–H and O–H groups in total. The van der Waals surface area contributed by atoms with Crippen LogP contribution in [0.1, 0.15) is 11.3 Å². The summed E-state index contributed by atoms with van der Waals surface area (Å²) < 4.78 is 0. The van der Waals surface area contributed by atoms with E-state index >= 15 is 0 Å². The first kappa shape index (κ1) is 11.6. The van der Waals surface area contributed by atoms with Crippen molar-refractivity contribution in [3.63, 3.8) is 0 Å². The van der Waals surface area contributed by atoms with Crippen LogP contribution < -0.4 is 5.73 Å². The van der Waals surface area contributed by atoms with Gasteiger partial charge in [-0.1, -0.05) is 23.2 Å². The molecule has 0 fully saturated rings. The van der Waals surface area contributed by atoms with Gasteiger partial charge in [0, 0.05) is 22.5 Å². The lowest BCUT2D eigenvalue weighted by Crippen LogP contribution is -2.05. The van der Waals surface area contributed by atoms with Gasteiger partial charge >= 0.3 is 0 Å². The summed E-state index contributed by atoms with van der Waals surface area (Å²) in [6.45, 7) is 2.61. The molecular weight excluding hydrogens is 243 g/mol. The van der Waals surface area contributed by atoms with Gasteiger partial charge in [-0.2, -0.15) is 0 Å². The second-order valence-corrected chi connectivity index (χ2v) is 4.59. The van der Waals surface area contributed by atoms with Crippen molar-refractivity contribution in [2.45, 2.75) is 13.3 Å². The molecule has 16 heavy (non-hydrogen) atoms. The van der Waals surface area contributed by atoms with Crippen molar-refractivity contribution in [1.29, 1.82) is 0 Å². The highest BCUT2D eigenvalue weighted by Gasteiger charge is 2.07. The Bertz CT molecular complexity index is 538. The van der Waals surface area contributed by atoms with Crippen LogP contribution in [0, 0.1) is 6.92 Å². The second kappa shape index (κ2) is 4.58. The molecule has 0 aliphatic heterocycles. The first-order chi connectivity index (χ1) is 7.61. The van der Waals surface area contributed by atoms with Crippen LogP contribution in [0.15, 0.2) is 18.2 Å². The number of rotatable bonds is 2. The third-order valence-corrected chi connectivity index (χ3v) is 2.99. The number of aryl methyl sites for hydroxylation is 1. The highest BCUT2D eigenvalue weighted by molar-refractivity contribution is 6.38. The molecule has 2 nitrogen and oxygen atoms in total. The van der Waals surface area contributed by atoms with Gasteiger partial charge in [0.2, 0.25) is 0 Å². The van der Waals surface area contributed by atoms with E-state index in [2.05, 4.69) is 4.98 Å². The number of pyridine rings is 1. The summed E-state index contributed by atoms with van der Waals surface area (Å²) >= 11 is 12.1. The molecule has 0 spiro atoms. The Kier molecular flexibility index (Phi) is 3.33. The number of hydrogen-bond donors (Lipinski definition) is 1. The predicted octanol–water partition coefficient (Wildman–Crippen LogP) is 3.35. The quantitative estimate of drug-likeness (QED) is 0.893. The molecule has 0 unspecified atom stereocenters. The predicted molar refractivity (Wildman–Crippen MR) is 69.3 cm³/mol.